The first-order valence-electron chi connectivity index (χ1n) is 12.0. The fourth-order valence-corrected chi connectivity index (χ4v) is 3.09. The number of anilines is 1. The maximum absolute atomic E-state index is 12.7. The molecule has 0 aliphatic heterocycles. The highest BCUT2D eigenvalue weighted by molar-refractivity contribution is 6.00. The topological polar surface area (TPSA) is 203 Å². The second-order valence-electron chi connectivity index (χ2n) is 8.77. The predicted molar refractivity (Wildman–Crippen MR) is 136 cm³/mol. The minimum atomic E-state index is -1.32. The number of rotatable bonds is 15. The standard InChI is InChI=1S/C25H35N5O8/c1-14(31)6-5-7-22(34)27-15(2)23(35)28-16(3)24(36)30-20(12-21(26)33)25(37)29-19-10-8-18(9-11-19)13-38-17(4)32/h8-11,15-16,20H,5-7,12-13H2,1-4H3,(H2,26,33)(H,27,34)(H,28,35)(H,29,37)(H,30,36)/t15-,16-,20-/m0/s1. The molecule has 0 aliphatic rings. The largest absolute Gasteiger partial charge is 0.461 e. The van der Waals surface area contributed by atoms with Gasteiger partial charge in [0.2, 0.25) is 29.5 Å². The normalized spacial score (nSPS) is 12.7. The Labute approximate surface area is 220 Å². The molecule has 1 aromatic carbocycles. The van der Waals surface area contributed by atoms with E-state index in [0.29, 0.717) is 17.7 Å². The molecule has 0 aliphatic carbocycles. The van der Waals surface area contributed by atoms with Gasteiger partial charge in [0, 0.05) is 25.5 Å². The van der Waals surface area contributed by atoms with E-state index in [2.05, 4.69) is 21.3 Å². The van der Waals surface area contributed by atoms with Crippen LogP contribution in [-0.2, 0) is 44.9 Å². The van der Waals surface area contributed by atoms with Crippen molar-refractivity contribution < 1.29 is 38.3 Å². The van der Waals surface area contributed by atoms with Crippen LogP contribution in [0.15, 0.2) is 24.3 Å². The van der Waals surface area contributed by atoms with Crippen LogP contribution in [0.2, 0.25) is 0 Å². The van der Waals surface area contributed by atoms with Crippen molar-refractivity contribution in [3.63, 3.8) is 0 Å². The second kappa shape index (κ2) is 15.7. The number of benzene rings is 1. The third-order valence-electron chi connectivity index (χ3n) is 5.16. The van der Waals surface area contributed by atoms with Crippen LogP contribution in [0.3, 0.4) is 0 Å². The number of Topliss-reactive ketones (excluding diaryl/α,β-unsaturated/α-hetero) is 1. The minimum absolute atomic E-state index is 0.0408. The fourth-order valence-electron chi connectivity index (χ4n) is 3.09. The van der Waals surface area contributed by atoms with Gasteiger partial charge >= 0.3 is 5.97 Å². The molecule has 0 saturated heterocycles. The molecular weight excluding hydrogens is 498 g/mol. The lowest BCUT2D eigenvalue weighted by molar-refractivity contribution is -0.142. The maximum Gasteiger partial charge on any atom is 0.302 e. The Morgan fingerprint density at radius 2 is 1.39 bits per heavy atom. The molecule has 0 aromatic heterocycles. The van der Waals surface area contributed by atoms with Crippen LogP contribution in [0.1, 0.15) is 58.9 Å². The van der Waals surface area contributed by atoms with Crippen LogP contribution in [0.5, 0.6) is 0 Å². The van der Waals surface area contributed by atoms with Crippen molar-refractivity contribution in [3.05, 3.63) is 29.8 Å². The van der Waals surface area contributed by atoms with E-state index in [0.717, 1.165) is 0 Å². The Balaban J connectivity index is 2.68. The minimum Gasteiger partial charge on any atom is -0.461 e. The van der Waals surface area contributed by atoms with Gasteiger partial charge in [0.1, 0.15) is 30.5 Å². The lowest BCUT2D eigenvalue weighted by atomic mass is 10.1. The lowest BCUT2D eigenvalue weighted by Gasteiger charge is -2.22. The third kappa shape index (κ3) is 12.6. The molecule has 6 N–H and O–H groups in total. The highest BCUT2D eigenvalue weighted by atomic mass is 16.5. The first-order valence-corrected chi connectivity index (χ1v) is 12.0. The van der Waals surface area contributed by atoms with E-state index in [1.807, 2.05) is 0 Å². The molecule has 0 radical (unpaired) electrons. The maximum atomic E-state index is 12.7. The summed E-state index contributed by atoms with van der Waals surface area (Å²) in [5.74, 6) is -3.83. The number of ketones is 1. The summed E-state index contributed by atoms with van der Waals surface area (Å²) < 4.78 is 4.89. The Morgan fingerprint density at radius 1 is 0.816 bits per heavy atom. The Morgan fingerprint density at radius 3 is 1.95 bits per heavy atom. The summed E-state index contributed by atoms with van der Waals surface area (Å²) >= 11 is 0. The zero-order valence-corrected chi connectivity index (χ0v) is 21.9. The number of carbonyl (C=O) groups excluding carboxylic acids is 7. The average molecular weight is 534 g/mol. The van der Waals surface area contributed by atoms with E-state index in [4.69, 9.17) is 10.5 Å². The van der Waals surface area contributed by atoms with E-state index < -0.39 is 60.1 Å². The summed E-state index contributed by atoms with van der Waals surface area (Å²) in [6.07, 6.45) is 0.199. The average Bonchev–Trinajstić information content (AvgIpc) is 2.82. The monoisotopic (exact) mass is 533 g/mol. The van der Waals surface area contributed by atoms with E-state index in [1.165, 1.54) is 27.7 Å². The van der Waals surface area contributed by atoms with Gasteiger partial charge in [-0.2, -0.15) is 0 Å². The van der Waals surface area contributed by atoms with Crippen molar-refractivity contribution >= 4 is 47.0 Å². The summed E-state index contributed by atoms with van der Waals surface area (Å²) in [6.45, 7) is 5.58. The van der Waals surface area contributed by atoms with Crippen molar-refractivity contribution in [1.82, 2.24) is 16.0 Å². The van der Waals surface area contributed by atoms with Crippen molar-refractivity contribution in [3.8, 4) is 0 Å². The smallest absolute Gasteiger partial charge is 0.302 e. The molecule has 0 spiro atoms. The first kappa shape index (κ1) is 31.7. The number of hydrogen-bond donors (Lipinski definition) is 5. The SMILES string of the molecule is CC(=O)CCCC(=O)N[C@@H](C)C(=O)N[C@@H](C)C(=O)N[C@@H](CC(N)=O)C(=O)Nc1ccc(COC(C)=O)cc1. The number of primary amides is 1. The van der Waals surface area contributed by atoms with Crippen molar-refractivity contribution in [2.24, 2.45) is 5.73 Å². The number of carbonyl (C=O) groups is 7. The quantitative estimate of drug-likeness (QED) is 0.191. The highest BCUT2D eigenvalue weighted by Crippen LogP contribution is 2.11. The lowest BCUT2D eigenvalue weighted by Crippen LogP contribution is -2.55. The summed E-state index contributed by atoms with van der Waals surface area (Å²) in [5, 5.41) is 9.87. The highest BCUT2D eigenvalue weighted by Gasteiger charge is 2.27. The molecule has 1 aromatic rings. The van der Waals surface area contributed by atoms with Crippen molar-refractivity contribution in [2.75, 3.05) is 5.32 Å². The van der Waals surface area contributed by atoms with Gasteiger partial charge < -0.3 is 36.5 Å². The van der Waals surface area contributed by atoms with Gasteiger partial charge in [-0.25, -0.2) is 0 Å². The molecule has 3 atom stereocenters. The molecule has 0 saturated carbocycles. The van der Waals surface area contributed by atoms with Crippen molar-refractivity contribution in [1.29, 1.82) is 0 Å². The molecule has 208 valence electrons. The third-order valence-corrected chi connectivity index (χ3v) is 5.16. The van der Waals surface area contributed by atoms with Gasteiger partial charge in [-0.3, -0.25) is 28.8 Å². The van der Waals surface area contributed by atoms with E-state index in [-0.39, 0.29) is 25.2 Å². The number of ether oxygens (including phenoxy) is 1. The van der Waals surface area contributed by atoms with Gasteiger partial charge in [0.15, 0.2) is 0 Å². The Bertz CT molecular complexity index is 1040. The van der Waals surface area contributed by atoms with Crippen LogP contribution in [0.25, 0.3) is 0 Å². The molecule has 5 amide bonds. The predicted octanol–water partition coefficient (Wildman–Crippen LogP) is -0.183. The van der Waals surface area contributed by atoms with Gasteiger partial charge in [0.05, 0.1) is 6.42 Å². The Kier molecular flexibility index (Phi) is 13.1. The summed E-state index contributed by atoms with van der Waals surface area (Å²) in [5.41, 5.74) is 6.28. The number of esters is 1. The molecule has 0 heterocycles. The molecule has 0 unspecified atom stereocenters. The van der Waals surface area contributed by atoms with Crippen LogP contribution in [-0.4, -0.2) is 59.4 Å². The molecule has 13 heteroatoms. The number of amides is 5. The van der Waals surface area contributed by atoms with Gasteiger partial charge in [-0.15, -0.1) is 0 Å². The van der Waals surface area contributed by atoms with Crippen LogP contribution in [0, 0.1) is 0 Å². The van der Waals surface area contributed by atoms with Crippen LogP contribution >= 0.6 is 0 Å². The van der Waals surface area contributed by atoms with Crippen LogP contribution < -0.4 is 27.0 Å². The number of nitrogens with two attached hydrogens (primary N) is 1. The van der Waals surface area contributed by atoms with E-state index >= 15 is 0 Å². The molecule has 13 nitrogen and oxygen atoms in total. The van der Waals surface area contributed by atoms with E-state index in [1.54, 1.807) is 24.3 Å². The van der Waals surface area contributed by atoms with E-state index in [9.17, 15) is 33.6 Å². The molecule has 1 rings (SSSR count). The number of hydrogen-bond acceptors (Lipinski definition) is 8. The zero-order valence-electron chi connectivity index (χ0n) is 21.9. The molecule has 0 fully saturated rings. The van der Waals surface area contributed by atoms with Gasteiger partial charge in [-0.1, -0.05) is 12.1 Å². The van der Waals surface area contributed by atoms with Crippen LogP contribution in [0.4, 0.5) is 5.69 Å². The van der Waals surface area contributed by atoms with Gasteiger partial charge in [-0.05, 0) is 44.9 Å². The van der Waals surface area contributed by atoms with Gasteiger partial charge in [0.25, 0.3) is 0 Å². The molecular formula is C25H35N5O8. The summed E-state index contributed by atoms with van der Waals surface area (Å²) in [7, 11) is 0. The summed E-state index contributed by atoms with van der Waals surface area (Å²) in [6, 6.07) is 2.98. The first-order chi connectivity index (χ1) is 17.8. The molecule has 38 heavy (non-hydrogen) atoms. The zero-order chi connectivity index (χ0) is 28.8. The second-order valence-corrected chi connectivity index (χ2v) is 8.77. The summed E-state index contributed by atoms with van der Waals surface area (Å²) in [4.78, 5) is 83.0. The van der Waals surface area contributed by atoms with Crippen molar-refractivity contribution in [2.45, 2.75) is 78.1 Å². The fraction of sp³-hybridized carbons (Fsp3) is 0.480. The molecule has 0 bridgehead atoms. The number of nitrogens with one attached hydrogen (secondary N) is 4. The Hall–Kier alpha value is -4.29.